The lowest BCUT2D eigenvalue weighted by Crippen LogP contribution is -2.44. The molecule has 1 fully saturated rings. The average Bonchev–Trinajstić information content (AvgIpc) is 3.65. The summed E-state index contributed by atoms with van der Waals surface area (Å²) in [5.41, 5.74) is 3.71. The number of hydrogen-bond acceptors (Lipinski definition) is 5. The topological polar surface area (TPSA) is 95.9 Å². The highest BCUT2D eigenvalue weighted by Crippen LogP contribution is 2.25. The minimum absolute atomic E-state index is 0.0898. The summed E-state index contributed by atoms with van der Waals surface area (Å²) in [5.74, 6) is 0.585. The van der Waals surface area contributed by atoms with Gasteiger partial charge in [0.15, 0.2) is 5.82 Å². The third kappa shape index (κ3) is 5.14. The lowest BCUT2D eigenvalue weighted by molar-refractivity contribution is -0.134. The van der Waals surface area contributed by atoms with Crippen molar-refractivity contribution < 1.29 is 9.59 Å². The number of aryl methyl sites for hydroxylation is 1. The van der Waals surface area contributed by atoms with E-state index in [1.54, 1.807) is 4.90 Å². The van der Waals surface area contributed by atoms with Crippen LogP contribution in [0.5, 0.6) is 0 Å². The first kappa shape index (κ1) is 22.9. The normalized spacial score (nSPS) is 15.3. The van der Waals surface area contributed by atoms with Gasteiger partial charge in [0.1, 0.15) is 6.04 Å². The Balaban J connectivity index is 1.21. The predicted molar refractivity (Wildman–Crippen MR) is 136 cm³/mol. The third-order valence-electron chi connectivity index (χ3n) is 6.03. The molecule has 2 N–H and O–H groups in total. The van der Waals surface area contributed by atoms with E-state index in [-0.39, 0.29) is 17.6 Å². The van der Waals surface area contributed by atoms with E-state index in [1.807, 2.05) is 84.5 Å². The number of aromatic nitrogens is 4. The number of benzene rings is 2. The molecular weight excluding hydrogens is 460 g/mol. The Labute approximate surface area is 207 Å². The highest BCUT2D eigenvalue weighted by Gasteiger charge is 2.34. The largest absolute Gasteiger partial charge is 0.330 e. The summed E-state index contributed by atoms with van der Waals surface area (Å²) in [7, 11) is 0. The van der Waals surface area contributed by atoms with Crippen LogP contribution < -0.4 is 5.32 Å². The Hall–Kier alpha value is -3.85. The third-order valence-corrected chi connectivity index (χ3v) is 6.87. The van der Waals surface area contributed by atoms with Crippen LogP contribution in [-0.2, 0) is 9.59 Å². The fourth-order valence-electron chi connectivity index (χ4n) is 4.21. The number of H-pyrrole nitrogens is 1. The van der Waals surface area contributed by atoms with Gasteiger partial charge in [-0.15, -0.1) is 5.10 Å². The van der Waals surface area contributed by atoms with Crippen LogP contribution in [0.2, 0.25) is 0 Å². The number of amides is 2. The summed E-state index contributed by atoms with van der Waals surface area (Å²) < 4.78 is 1.95. The maximum Gasteiger partial charge on any atom is 0.247 e. The van der Waals surface area contributed by atoms with Gasteiger partial charge in [0.2, 0.25) is 17.0 Å². The molecule has 178 valence electrons. The van der Waals surface area contributed by atoms with Crippen molar-refractivity contribution in [2.45, 2.75) is 31.0 Å². The molecule has 1 aliphatic heterocycles. The van der Waals surface area contributed by atoms with E-state index in [4.69, 9.17) is 0 Å². The van der Waals surface area contributed by atoms with Crippen molar-refractivity contribution in [1.29, 1.82) is 0 Å². The molecule has 4 aromatic rings. The summed E-state index contributed by atoms with van der Waals surface area (Å²) in [5, 5.41) is 10.7. The highest BCUT2D eigenvalue weighted by atomic mass is 32.2. The molecule has 2 amide bonds. The monoisotopic (exact) mass is 486 g/mol. The molecule has 0 bridgehead atoms. The van der Waals surface area contributed by atoms with Crippen molar-refractivity contribution in [1.82, 2.24) is 24.6 Å². The van der Waals surface area contributed by atoms with Crippen LogP contribution in [0.1, 0.15) is 18.4 Å². The number of thioether (sulfide) groups is 1. The lowest BCUT2D eigenvalue weighted by Gasteiger charge is -2.24. The molecule has 0 unspecified atom stereocenters. The molecule has 1 aliphatic rings. The summed E-state index contributed by atoms with van der Waals surface area (Å²) in [6.45, 7) is 2.60. The molecule has 1 atom stereocenters. The van der Waals surface area contributed by atoms with E-state index in [0.29, 0.717) is 29.6 Å². The van der Waals surface area contributed by atoms with Gasteiger partial charge in [0.25, 0.3) is 0 Å². The summed E-state index contributed by atoms with van der Waals surface area (Å²) in [4.78, 5) is 32.3. The second-order valence-electron chi connectivity index (χ2n) is 8.46. The van der Waals surface area contributed by atoms with Gasteiger partial charge in [-0.3, -0.25) is 14.7 Å². The van der Waals surface area contributed by atoms with E-state index in [9.17, 15) is 9.59 Å². The number of rotatable bonds is 7. The number of likely N-dealkylation sites (tertiary alicyclic amines) is 1. The molecule has 2 aromatic carbocycles. The maximum absolute atomic E-state index is 13.2. The van der Waals surface area contributed by atoms with Crippen LogP contribution in [0, 0.1) is 6.92 Å². The van der Waals surface area contributed by atoms with Crippen molar-refractivity contribution in [2.24, 2.45) is 0 Å². The van der Waals surface area contributed by atoms with Gasteiger partial charge in [-0.1, -0.05) is 53.7 Å². The molecule has 0 saturated carbocycles. The summed E-state index contributed by atoms with van der Waals surface area (Å²) in [6.07, 6.45) is 5.31. The SMILES string of the molecule is Cc1ccc(-c2nc(SCC(=O)N3CCC[C@H]3C(=O)Nc3ccccc3-n3cccc3)n[nH]2)cc1. The minimum Gasteiger partial charge on any atom is -0.330 e. The van der Waals surface area contributed by atoms with Crippen molar-refractivity contribution >= 4 is 29.3 Å². The Bertz CT molecular complexity index is 1320. The zero-order chi connectivity index (χ0) is 24.2. The van der Waals surface area contributed by atoms with Crippen LogP contribution in [0.25, 0.3) is 17.1 Å². The molecule has 1 saturated heterocycles. The second-order valence-corrected chi connectivity index (χ2v) is 9.41. The van der Waals surface area contributed by atoms with Gasteiger partial charge in [0.05, 0.1) is 17.1 Å². The molecule has 0 aliphatic carbocycles. The maximum atomic E-state index is 13.2. The molecule has 8 nitrogen and oxygen atoms in total. The van der Waals surface area contributed by atoms with Gasteiger partial charge < -0.3 is 14.8 Å². The van der Waals surface area contributed by atoms with Crippen molar-refractivity contribution in [3.63, 3.8) is 0 Å². The average molecular weight is 487 g/mol. The van der Waals surface area contributed by atoms with Crippen LogP contribution in [0.4, 0.5) is 5.69 Å². The number of carbonyl (C=O) groups is 2. The molecule has 5 rings (SSSR count). The summed E-state index contributed by atoms with van der Waals surface area (Å²) in [6, 6.07) is 19.0. The van der Waals surface area contributed by atoms with E-state index in [1.165, 1.54) is 17.3 Å². The smallest absolute Gasteiger partial charge is 0.247 e. The first-order chi connectivity index (χ1) is 17.1. The van der Waals surface area contributed by atoms with E-state index in [2.05, 4.69) is 20.5 Å². The Kier molecular flexibility index (Phi) is 6.67. The van der Waals surface area contributed by atoms with Crippen LogP contribution in [-0.4, -0.2) is 54.8 Å². The van der Waals surface area contributed by atoms with Gasteiger partial charge >= 0.3 is 0 Å². The van der Waals surface area contributed by atoms with Gasteiger partial charge in [-0.25, -0.2) is 4.98 Å². The Morgan fingerprint density at radius 1 is 1.09 bits per heavy atom. The molecular formula is C26H26N6O2S. The molecule has 35 heavy (non-hydrogen) atoms. The molecule has 9 heteroatoms. The fraction of sp³-hybridized carbons (Fsp3) is 0.231. The number of aromatic amines is 1. The lowest BCUT2D eigenvalue weighted by atomic mass is 10.1. The number of nitrogens with zero attached hydrogens (tertiary/aromatic N) is 4. The fourth-order valence-corrected chi connectivity index (χ4v) is 4.90. The van der Waals surface area contributed by atoms with Crippen LogP contribution in [0.15, 0.2) is 78.2 Å². The summed E-state index contributed by atoms with van der Waals surface area (Å²) >= 11 is 1.27. The van der Waals surface area contributed by atoms with Gasteiger partial charge in [-0.2, -0.15) is 0 Å². The van der Waals surface area contributed by atoms with Gasteiger partial charge in [0, 0.05) is 24.5 Å². The minimum atomic E-state index is -0.490. The quantitative estimate of drug-likeness (QED) is 0.380. The van der Waals surface area contributed by atoms with E-state index in [0.717, 1.165) is 17.7 Å². The molecule has 2 aromatic heterocycles. The first-order valence-electron chi connectivity index (χ1n) is 11.5. The van der Waals surface area contributed by atoms with E-state index >= 15 is 0 Å². The molecule has 0 radical (unpaired) electrons. The molecule has 3 heterocycles. The first-order valence-corrected chi connectivity index (χ1v) is 12.5. The number of anilines is 1. The van der Waals surface area contributed by atoms with Crippen molar-refractivity contribution in [3.8, 4) is 17.1 Å². The van der Waals surface area contributed by atoms with Crippen molar-refractivity contribution in [3.05, 3.63) is 78.6 Å². The number of hydrogen-bond donors (Lipinski definition) is 2. The second kappa shape index (κ2) is 10.2. The van der Waals surface area contributed by atoms with Crippen molar-refractivity contribution in [2.75, 3.05) is 17.6 Å². The standard InChI is InChI=1S/C26H26N6O2S/c1-18-10-12-19(13-11-18)24-28-26(30-29-24)35-17-23(33)32-16-6-9-22(32)25(34)27-20-7-2-3-8-21(20)31-14-4-5-15-31/h2-5,7-8,10-15,22H,6,9,16-17H2,1H3,(H,27,34)(H,28,29,30)/t22-/m0/s1. The number of para-hydroxylation sites is 2. The van der Waals surface area contributed by atoms with Crippen LogP contribution >= 0.6 is 11.8 Å². The zero-order valence-corrected chi connectivity index (χ0v) is 20.2. The molecule has 0 spiro atoms. The van der Waals surface area contributed by atoms with Gasteiger partial charge in [-0.05, 0) is 44.0 Å². The number of nitrogens with one attached hydrogen (secondary N) is 2. The number of carbonyl (C=O) groups excluding carboxylic acids is 2. The zero-order valence-electron chi connectivity index (χ0n) is 19.3. The van der Waals surface area contributed by atoms with Crippen LogP contribution in [0.3, 0.4) is 0 Å². The van der Waals surface area contributed by atoms with E-state index < -0.39 is 6.04 Å². The Morgan fingerprint density at radius 2 is 1.86 bits per heavy atom. The Morgan fingerprint density at radius 3 is 2.66 bits per heavy atom. The highest BCUT2D eigenvalue weighted by molar-refractivity contribution is 7.99. The predicted octanol–water partition coefficient (Wildman–Crippen LogP) is 4.29.